The molecule has 5 heteroatoms. The minimum Gasteiger partial charge on any atom is -0.481 e. The zero-order valence-electron chi connectivity index (χ0n) is 11.8. The lowest BCUT2D eigenvalue weighted by Crippen LogP contribution is -2.43. The number of amides is 2. The maximum atomic E-state index is 11.6. The zero-order chi connectivity index (χ0) is 14.1. The van der Waals surface area contributed by atoms with E-state index >= 15 is 0 Å². The van der Waals surface area contributed by atoms with Crippen LogP contribution in [0.1, 0.15) is 58.3 Å². The van der Waals surface area contributed by atoms with Gasteiger partial charge in [0.15, 0.2) is 0 Å². The quantitative estimate of drug-likeness (QED) is 0.622. The number of carboxylic acid groups (broad SMARTS) is 1. The summed E-state index contributed by atoms with van der Waals surface area (Å²) in [6, 6.07) is -0.177. The Morgan fingerprint density at radius 1 is 1.16 bits per heavy atom. The largest absolute Gasteiger partial charge is 0.481 e. The van der Waals surface area contributed by atoms with E-state index in [1.165, 1.54) is 32.1 Å². The van der Waals surface area contributed by atoms with Gasteiger partial charge in [-0.05, 0) is 31.1 Å². The van der Waals surface area contributed by atoms with Crippen molar-refractivity contribution < 1.29 is 14.7 Å². The topological polar surface area (TPSA) is 78.4 Å². The predicted octanol–water partition coefficient (Wildman–Crippen LogP) is 2.51. The van der Waals surface area contributed by atoms with Gasteiger partial charge in [-0.1, -0.05) is 26.2 Å². The first-order valence-electron chi connectivity index (χ1n) is 7.31. The number of carbonyl (C=O) groups is 2. The van der Waals surface area contributed by atoms with E-state index in [2.05, 4.69) is 17.6 Å². The van der Waals surface area contributed by atoms with E-state index in [4.69, 9.17) is 5.11 Å². The highest BCUT2D eigenvalue weighted by atomic mass is 16.4. The van der Waals surface area contributed by atoms with Gasteiger partial charge in [-0.3, -0.25) is 4.79 Å². The van der Waals surface area contributed by atoms with Crippen molar-refractivity contribution in [1.82, 2.24) is 10.6 Å². The average molecular weight is 270 g/mol. The fourth-order valence-electron chi connectivity index (χ4n) is 2.73. The molecule has 0 atom stereocenters. The van der Waals surface area contributed by atoms with E-state index in [0.717, 1.165) is 13.0 Å². The molecule has 0 aromatic heterocycles. The molecule has 0 unspecified atom stereocenters. The van der Waals surface area contributed by atoms with Crippen molar-refractivity contribution in [2.24, 2.45) is 5.41 Å². The first-order chi connectivity index (χ1) is 9.08. The highest BCUT2D eigenvalue weighted by molar-refractivity contribution is 5.74. The van der Waals surface area contributed by atoms with E-state index in [0.29, 0.717) is 13.0 Å². The molecule has 110 valence electrons. The molecule has 0 aliphatic heterocycles. The number of carboxylic acids is 1. The first kappa shape index (κ1) is 15.8. The smallest absolute Gasteiger partial charge is 0.314 e. The van der Waals surface area contributed by atoms with E-state index in [1.54, 1.807) is 0 Å². The minimum atomic E-state index is -0.825. The Morgan fingerprint density at radius 3 is 2.42 bits per heavy atom. The maximum absolute atomic E-state index is 11.6. The second kappa shape index (κ2) is 8.02. The summed E-state index contributed by atoms with van der Waals surface area (Å²) in [6.45, 7) is 3.34. The van der Waals surface area contributed by atoms with E-state index < -0.39 is 5.97 Å². The third-order valence-corrected chi connectivity index (χ3v) is 4.14. The van der Waals surface area contributed by atoms with Gasteiger partial charge in [-0.25, -0.2) is 4.79 Å². The highest BCUT2D eigenvalue weighted by Gasteiger charge is 2.30. The van der Waals surface area contributed by atoms with Crippen LogP contribution in [0.15, 0.2) is 0 Å². The van der Waals surface area contributed by atoms with Gasteiger partial charge in [0.25, 0.3) is 0 Å². The van der Waals surface area contributed by atoms with Crippen molar-refractivity contribution in [3.8, 4) is 0 Å². The van der Waals surface area contributed by atoms with E-state index in [9.17, 15) is 9.59 Å². The van der Waals surface area contributed by atoms with Gasteiger partial charge in [0.2, 0.25) is 0 Å². The average Bonchev–Trinajstić information content (AvgIpc) is 2.42. The van der Waals surface area contributed by atoms with Crippen molar-refractivity contribution >= 4 is 12.0 Å². The Balaban J connectivity index is 2.19. The molecule has 0 aromatic carbocycles. The second-order valence-electron chi connectivity index (χ2n) is 5.52. The highest BCUT2D eigenvalue weighted by Crippen LogP contribution is 2.38. The minimum absolute atomic E-state index is 0.0964. The zero-order valence-corrected chi connectivity index (χ0v) is 11.8. The molecule has 0 spiro atoms. The number of carbonyl (C=O) groups excluding carboxylic acids is 1. The number of hydrogen-bond acceptors (Lipinski definition) is 2. The van der Waals surface area contributed by atoms with Crippen LogP contribution in [0.2, 0.25) is 0 Å². The molecule has 0 radical (unpaired) electrons. The van der Waals surface area contributed by atoms with Crippen LogP contribution in [0.5, 0.6) is 0 Å². The first-order valence-corrected chi connectivity index (χ1v) is 7.31. The van der Waals surface area contributed by atoms with Gasteiger partial charge in [0.1, 0.15) is 0 Å². The summed E-state index contributed by atoms with van der Waals surface area (Å²) in [5.74, 6) is -0.825. The standard InChI is InChI=1S/C14H26N2O3/c1-2-14(8-4-3-5-9-14)11-16-13(19)15-10-6-7-12(17)18/h2-11H2,1H3,(H,17,18)(H2,15,16,19). The Morgan fingerprint density at radius 2 is 1.84 bits per heavy atom. The van der Waals surface area contributed by atoms with Crippen LogP contribution < -0.4 is 10.6 Å². The van der Waals surface area contributed by atoms with Gasteiger partial charge >= 0.3 is 12.0 Å². The van der Waals surface area contributed by atoms with E-state index in [-0.39, 0.29) is 17.9 Å². The predicted molar refractivity (Wildman–Crippen MR) is 74.1 cm³/mol. The molecule has 1 fully saturated rings. The third-order valence-electron chi connectivity index (χ3n) is 4.14. The lowest BCUT2D eigenvalue weighted by atomic mass is 9.72. The van der Waals surface area contributed by atoms with Crippen molar-refractivity contribution in [2.45, 2.75) is 58.3 Å². The summed E-state index contributed by atoms with van der Waals surface area (Å²) in [4.78, 5) is 21.9. The van der Waals surface area contributed by atoms with Crippen LogP contribution in [-0.4, -0.2) is 30.2 Å². The molecule has 1 rings (SSSR count). The van der Waals surface area contributed by atoms with Crippen LogP contribution in [0, 0.1) is 5.41 Å². The fraction of sp³-hybridized carbons (Fsp3) is 0.857. The molecule has 3 N–H and O–H groups in total. The summed E-state index contributed by atoms with van der Waals surface area (Å²) in [5.41, 5.74) is 0.274. The summed E-state index contributed by atoms with van der Waals surface area (Å²) in [5, 5.41) is 14.1. The molecule has 1 aliphatic carbocycles. The molecule has 0 heterocycles. The van der Waals surface area contributed by atoms with Crippen LogP contribution in [0.3, 0.4) is 0 Å². The monoisotopic (exact) mass is 270 g/mol. The fourth-order valence-corrected chi connectivity index (χ4v) is 2.73. The molecule has 0 saturated heterocycles. The SMILES string of the molecule is CCC1(CNC(=O)NCCCC(=O)O)CCCCC1. The van der Waals surface area contributed by atoms with Gasteiger partial charge in [0, 0.05) is 19.5 Å². The lowest BCUT2D eigenvalue weighted by molar-refractivity contribution is -0.137. The number of aliphatic carboxylic acids is 1. The van der Waals surface area contributed by atoms with E-state index in [1.807, 2.05) is 0 Å². The van der Waals surface area contributed by atoms with Gasteiger partial charge in [-0.15, -0.1) is 0 Å². The molecule has 2 amide bonds. The van der Waals surface area contributed by atoms with Crippen molar-refractivity contribution in [2.75, 3.05) is 13.1 Å². The Labute approximate surface area is 115 Å². The Bertz CT molecular complexity index is 299. The summed E-state index contributed by atoms with van der Waals surface area (Å²) in [7, 11) is 0. The lowest BCUT2D eigenvalue weighted by Gasteiger charge is -2.36. The summed E-state index contributed by atoms with van der Waals surface area (Å²) < 4.78 is 0. The second-order valence-corrected chi connectivity index (χ2v) is 5.52. The van der Waals surface area contributed by atoms with Crippen molar-refractivity contribution in [1.29, 1.82) is 0 Å². The van der Waals surface area contributed by atoms with Crippen LogP contribution in [-0.2, 0) is 4.79 Å². The Kier molecular flexibility index (Phi) is 6.67. The molecule has 0 bridgehead atoms. The number of nitrogens with one attached hydrogen (secondary N) is 2. The van der Waals surface area contributed by atoms with Crippen molar-refractivity contribution in [3.05, 3.63) is 0 Å². The van der Waals surface area contributed by atoms with Crippen LogP contribution in [0.4, 0.5) is 4.79 Å². The Hall–Kier alpha value is -1.26. The summed E-state index contributed by atoms with van der Waals surface area (Å²) >= 11 is 0. The van der Waals surface area contributed by atoms with Gasteiger partial charge in [-0.2, -0.15) is 0 Å². The summed E-state index contributed by atoms with van der Waals surface area (Å²) in [6.07, 6.45) is 7.90. The normalized spacial score (nSPS) is 17.7. The molecular formula is C14H26N2O3. The van der Waals surface area contributed by atoms with Gasteiger partial charge < -0.3 is 15.7 Å². The number of rotatable bonds is 7. The molecule has 19 heavy (non-hydrogen) atoms. The molecule has 5 nitrogen and oxygen atoms in total. The molecule has 0 aromatic rings. The van der Waals surface area contributed by atoms with Crippen LogP contribution in [0.25, 0.3) is 0 Å². The van der Waals surface area contributed by atoms with Crippen LogP contribution >= 0.6 is 0 Å². The maximum Gasteiger partial charge on any atom is 0.314 e. The molecular weight excluding hydrogens is 244 g/mol. The van der Waals surface area contributed by atoms with Gasteiger partial charge in [0.05, 0.1) is 0 Å². The van der Waals surface area contributed by atoms with Crippen molar-refractivity contribution in [3.63, 3.8) is 0 Å². The third kappa shape index (κ3) is 5.94. The number of urea groups is 1. The number of hydrogen-bond donors (Lipinski definition) is 3. The molecule has 1 saturated carbocycles. The molecule has 1 aliphatic rings.